The zero-order valence-corrected chi connectivity index (χ0v) is 13.9. The molecular weight excluding hydrogens is 350 g/mol. The highest BCUT2D eigenvalue weighted by Crippen LogP contribution is 2.29. The number of ether oxygens (including phenoxy) is 1. The lowest BCUT2D eigenvalue weighted by Crippen LogP contribution is -2.39. The van der Waals surface area contributed by atoms with Gasteiger partial charge in [0.1, 0.15) is 12.3 Å². The molecule has 1 aliphatic heterocycles. The van der Waals surface area contributed by atoms with Gasteiger partial charge in [0, 0.05) is 22.6 Å². The van der Waals surface area contributed by atoms with Crippen molar-refractivity contribution in [2.75, 3.05) is 20.3 Å². The third-order valence-corrected chi connectivity index (χ3v) is 4.41. The summed E-state index contributed by atoms with van der Waals surface area (Å²) in [4.78, 5) is 27.4. The van der Waals surface area contributed by atoms with Crippen LogP contribution >= 0.6 is 15.9 Å². The fourth-order valence-electron chi connectivity index (χ4n) is 2.58. The van der Waals surface area contributed by atoms with Gasteiger partial charge in [-0.2, -0.15) is 0 Å². The quantitative estimate of drug-likeness (QED) is 0.884. The molecule has 1 aromatic rings. The monoisotopic (exact) mass is 367 g/mol. The number of hydrogen-bond acceptors (Lipinski definition) is 3. The molecule has 1 saturated carbocycles. The Hall–Kier alpha value is -1.76. The van der Waals surface area contributed by atoms with Gasteiger partial charge in [0.2, 0.25) is 5.91 Å². The number of nitrogens with one attached hydrogen (secondary N) is 1. The lowest BCUT2D eigenvalue weighted by Gasteiger charge is -2.18. The smallest absolute Gasteiger partial charge is 0.319 e. The second-order valence-corrected chi connectivity index (χ2v) is 6.46. The predicted octanol–water partition coefficient (Wildman–Crippen LogP) is 1.93. The molecule has 6 nitrogen and oxygen atoms in total. The van der Waals surface area contributed by atoms with Gasteiger partial charge in [0.05, 0.1) is 13.8 Å². The van der Waals surface area contributed by atoms with Crippen LogP contribution in [-0.4, -0.2) is 48.1 Å². The minimum Gasteiger partial charge on any atom is -0.496 e. The molecule has 3 rings (SSSR count). The first kappa shape index (κ1) is 15.1. The predicted molar refractivity (Wildman–Crippen MR) is 84.4 cm³/mol. The van der Waals surface area contributed by atoms with Crippen LogP contribution in [-0.2, 0) is 11.3 Å². The fraction of sp³-hybridized carbons (Fsp3) is 0.467. The highest BCUT2D eigenvalue weighted by atomic mass is 79.9. The van der Waals surface area contributed by atoms with E-state index in [1.807, 2.05) is 18.2 Å². The third kappa shape index (κ3) is 3.19. The van der Waals surface area contributed by atoms with Gasteiger partial charge in [-0.15, -0.1) is 0 Å². The van der Waals surface area contributed by atoms with Crippen molar-refractivity contribution >= 4 is 27.9 Å². The Labute approximate surface area is 137 Å². The van der Waals surface area contributed by atoms with Crippen LogP contribution in [0, 0.1) is 0 Å². The molecule has 2 fully saturated rings. The standard InChI is InChI=1S/C15H18BrN3O3/c1-22-13-5-2-11(16)6-10(13)7-17-15(21)18-8-14(20)19(9-18)12-3-4-12/h2,5-6,12H,3-4,7-9H2,1H3,(H,17,21). The van der Waals surface area contributed by atoms with Crippen molar-refractivity contribution in [2.24, 2.45) is 0 Å². The maximum absolute atomic E-state index is 12.2. The van der Waals surface area contributed by atoms with Gasteiger partial charge in [-0.05, 0) is 31.0 Å². The number of carbonyl (C=O) groups is 2. The third-order valence-electron chi connectivity index (χ3n) is 3.92. The summed E-state index contributed by atoms with van der Waals surface area (Å²) >= 11 is 3.41. The van der Waals surface area contributed by atoms with E-state index < -0.39 is 0 Å². The molecule has 0 spiro atoms. The molecule has 118 valence electrons. The number of rotatable bonds is 4. The Balaban J connectivity index is 1.58. The van der Waals surface area contributed by atoms with Gasteiger partial charge in [0.15, 0.2) is 0 Å². The molecule has 3 amide bonds. The van der Waals surface area contributed by atoms with Gasteiger partial charge in [-0.1, -0.05) is 15.9 Å². The number of urea groups is 1. The van der Waals surface area contributed by atoms with Crippen LogP contribution in [0.25, 0.3) is 0 Å². The highest BCUT2D eigenvalue weighted by Gasteiger charge is 2.39. The molecule has 1 heterocycles. The van der Waals surface area contributed by atoms with E-state index in [2.05, 4.69) is 21.2 Å². The maximum atomic E-state index is 12.2. The molecule has 1 aromatic carbocycles. The molecule has 22 heavy (non-hydrogen) atoms. The summed E-state index contributed by atoms with van der Waals surface area (Å²) in [6.07, 6.45) is 2.10. The number of nitrogens with zero attached hydrogens (tertiary/aromatic N) is 2. The normalized spacial score (nSPS) is 17.8. The molecule has 0 unspecified atom stereocenters. The molecule has 0 aromatic heterocycles. The first-order chi connectivity index (χ1) is 10.6. The van der Waals surface area contributed by atoms with E-state index in [9.17, 15) is 9.59 Å². The number of hydrogen-bond donors (Lipinski definition) is 1. The summed E-state index contributed by atoms with van der Waals surface area (Å²) in [5.74, 6) is 0.762. The maximum Gasteiger partial charge on any atom is 0.319 e. The van der Waals surface area contributed by atoms with Crippen LogP contribution in [0.5, 0.6) is 5.75 Å². The summed E-state index contributed by atoms with van der Waals surface area (Å²) in [6.45, 7) is 0.915. The lowest BCUT2D eigenvalue weighted by atomic mass is 10.2. The van der Waals surface area contributed by atoms with Crippen LogP contribution < -0.4 is 10.1 Å². The Morgan fingerprint density at radius 1 is 1.45 bits per heavy atom. The number of halogens is 1. The van der Waals surface area contributed by atoms with E-state index in [0.29, 0.717) is 19.3 Å². The van der Waals surface area contributed by atoms with E-state index >= 15 is 0 Å². The minimum absolute atomic E-state index is 0.0395. The van der Waals surface area contributed by atoms with Crippen molar-refractivity contribution in [3.8, 4) is 5.75 Å². The lowest BCUT2D eigenvalue weighted by molar-refractivity contribution is -0.127. The molecule has 0 atom stereocenters. The van der Waals surface area contributed by atoms with E-state index in [-0.39, 0.29) is 18.5 Å². The Kier molecular flexibility index (Phi) is 4.24. The number of amides is 3. The molecule has 0 radical (unpaired) electrons. The Bertz CT molecular complexity index is 604. The van der Waals surface area contributed by atoms with Gasteiger partial charge < -0.3 is 15.0 Å². The van der Waals surface area contributed by atoms with Crippen LogP contribution in [0.15, 0.2) is 22.7 Å². The molecular formula is C15H18BrN3O3. The first-order valence-corrected chi connectivity index (χ1v) is 8.02. The second kappa shape index (κ2) is 6.16. The zero-order valence-electron chi connectivity index (χ0n) is 12.3. The topological polar surface area (TPSA) is 61.9 Å². The average Bonchev–Trinajstić information content (AvgIpc) is 3.27. The van der Waals surface area contributed by atoms with Crippen LogP contribution in [0.4, 0.5) is 4.79 Å². The van der Waals surface area contributed by atoms with Crippen molar-refractivity contribution in [2.45, 2.75) is 25.4 Å². The largest absolute Gasteiger partial charge is 0.496 e. The summed E-state index contributed by atoms with van der Waals surface area (Å²) < 4.78 is 6.21. The second-order valence-electron chi connectivity index (χ2n) is 5.55. The van der Waals surface area contributed by atoms with Crippen molar-refractivity contribution in [1.82, 2.24) is 15.1 Å². The van der Waals surface area contributed by atoms with Gasteiger partial charge in [-0.25, -0.2) is 4.79 Å². The van der Waals surface area contributed by atoms with Crippen LogP contribution in [0.1, 0.15) is 18.4 Å². The molecule has 1 aliphatic carbocycles. The Morgan fingerprint density at radius 2 is 2.23 bits per heavy atom. The molecule has 0 bridgehead atoms. The molecule has 7 heteroatoms. The molecule has 1 N–H and O–H groups in total. The summed E-state index contributed by atoms with van der Waals surface area (Å²) in [5.41, 5.74) is 0.884. The minimum atomic E-state index is -0.224. The van der Waals surface area contributed by atoms with Crippen LogP contribution in [0.3, 0.4) is 0 Å². The summed E-state index contributed by atoms with van der Waals surface area (Å²) in [6, 6.07) is 5.76. The van der Waals surface area contributed by atoms with Crippen molar-refractivity contribution in [1.29, 1.82) is 0 Å². The number of methoxy groups -OCH3 is 1. The van der Waals surface area contributed by atoms with Crippen molar-refractivity contribution < 1.29 is 14.3 Å². The van der Waals surface area contributed by atoms with E-state index in [4.69, 9.17) is 4.74 Å². The SMILES string of the molecule is COc1ccc(Br)cc1CNC(=O)N1CC(=O)N(C2CC2)C1. The Morgan fingerprint density at radius 3 is 2.91 bits per heavy atom. The van der Waals surface area contributed by atoms with Crippen LogP contribution in [0.2, 0.25) is 0 Å². The molecule has 1 saturated heterocycles. The van der Waals surface area contributed by atoms with Gasteiger partial charge in [-0.3, -0.25) is 9.69 Å². The highest BCUT2D eigenvalue weighted by molar-refractivity contribution is 9.10. The first-order valence-electron chi connectivity index (χ1n) is 7.23. The van der Waals surface area contributed by atoms with E-state index in [1.54, 1.807) is 16.9 Å². The van der Waals surface area contributed by atoms with Crippen molar-refractivity contribution in [3.05, 3.63) is 28.2 Å². The van der Waals surface area contributed by atoms with E-state index in [0.717, 1.165) is 28.6 Å². The summed E-state index contributed by atoms with van der Waals surface area (Å²) in [5, 5.41) is 2.85. The van der Waals surface area contributed by atoms with Gasteiger partial charge >= 0.3 is 6.03 Å². The van der Waals surface area contributed by atoms with Crippen molar-refractivity contribution in [3.63, 3.8) is 0 Å². The number of carbonyl (C=O) groups excluding carboxylic acids is 2. The summed E-state index contributed by atoms with van der Waals surface area (Å²) in [7, 11) is 1.60. The van der Waals surface area contributed by atoms with E-state index in [1.165, 1.54) is 0 Å². The zero-order chi connectivity index (χ0) is 15.7. The number of benzene rings is 1. The average molecular weight is 368 g/mol. The molecule has 2 aliphatic rings. The van der Waals surface area contributed by atoms with Gasteiger partial charge in [0.25, 0.3) is 0 Å². The fourth-order valence-corrected chi connectivity index (χ4v) is 2.98.